The predicted octanol–water partition coefficient (Wildman–Crippen LogP) is 2.89. The standard InChI is InChI=1S/C11H12F3N3/c1-7(5-11(12,13)14)17-9-2-3-10(16)8(4-9)6-15/h2-4,7,17H,5,16H2,1H3. The van der Waals surface area contributed by atoms with Crippen molar-refractivity contribution in [2.75, 3.05) is 11.1 Å². The molecule has 6 heteroatoms. The lowest BCUT2D eigenvalue weighted by Gasteiger charge is -2.17. The van der Waals surface area contributed by atoms with E-state index in [4.69, 9.17) is 11.0 Å². The topological polar surface area (TPSA) is 61.8 Å². The lowest BCUT2D eigenvalue weighted by molar-refractivity contribution is -0.136. The second-order valence-electron chi connectivity index (χ2n) is 3.78. The van der Waals surface area contributed by atoms with Crippen molar-refractivity contribution in [2.24, 2.45) is 0 Å². The minimum absolute atomic E-state index is 0.245. The number of halogens is 3. The van der Waals surface area contributed by atoms with Crippen LogP contribution in [-0.4, -0.2) is 12.2 Å². The van der Waals surface area contributed by atoms with Gasteiger partial charge in [0.15, 0.2) is 0 Å². The molecule has 0 aromatic heterocycles. The number of nitrogens with two attached hydrogens (primary N) is 1. The average molecular weight is 243 g/mol. The van der Waals surface area contributed by atoms with Crippen LogP contribution >= 0.6 is 0 Å². The van der Waals surface area contributed by atoms with Gasteiger partial charge in [-0.2, -0.15) is 18.4 Å². The Hall–Kier alpha value is -1.90. The fraction of sp³-hybridized carbons (Fsp3) is 0.364. The first kappa shape index (κ1) is 13.2. The lowest BCUT2D eigenvalue weighted by Crippen LogP contribution is -2.23. The van der Waals surface area contributed by atoms with Gasteiger partial charge in [-0.1, -0.05) is 0 Å². The third-order valence-electron chi connectivity index (χ3n) is 2.12. The van der Waals surface area contributed by atoms with Crippen molar-refractivity contribution in [3.05, 3.63) is 23.8 Å². The minimum Gasteiger partial charge on any atom is -0.398 e. The molecule has 0 bridgehead atoms. The number of benzene rings is 1. The summed E-state index contributed by atoms with van der Waals surface area (Å²) < 4.78 is 36.3. The maximum absolute atomic E-state index is 12.1. The van der Waals surface area contributed by atoms with Crippen LogP contribution in [0, 0.1) is 11.3 Å². The highest BCUT2D eigenvalue weighted by atomic mass is 19.4. The van der Waals surface area contributed by atoms with Crippen LogP contribution in [0.1, 0.15) is 18.9 Å². The molecule has 0 radical (unpaired) electrons. The van der Waals surface area contributed by atoms with E-state index in [2.05, 4.69) is 5.32 Å². The van der Waals surface area contributed by atoms with Gasteiger partial charge >= 0.3 is 6.18 Å². The highest BCUT2D eigenvalue weighted by Crippen LogP contribution is 2.24. The van der Waals surface area contributed by atoms with Crippen LogP contribution in [0.4, 0.5) is 24.5 Å². The number of nitrogens with zero attached hydrogens (tertiary/aromatic N) is 1. The first-order valence-corrected chi connectivity index (χ1v) is 4.95. The van der Waals surface area contributed by atoms with E-state index in [0.29, 0.717) is 11.4 Å². The van der Waals surface area contributed by atoms with Gasteiger partial charge in [-0.15, -0.1) is 0 Å². The second kappa shape index (κ2) is 4.95. The molecule has 0 aliphatic carbocycles. The summed E-state index contributed by atoms with van der Waals surface area (Å²) >= 11 is 0. The Morgan fingerprint density at radius 1 is 1.47 bits per heavy atom. The molecule has 1 rings (SSSR count). The number of nitriles is 1. The summed E-state index contributed by atoms with van der Waals surface area (Å²) in [6.45, 7) is 1.43. The van der Waals surface area contributed by atoms with E-state index < -0.39 is 18.6 Å². The fourth-order valence-electron chi connectivity index (χ4n) is 1.43. The molecular formula is C11H12F3N3. The van der Waals surface area contributed by atoms with Crippen LogP contribution in [-0.2, 0) is 0 Å². The molecular weight excluding hydrogens is 231 g/mol. The van der Waals surface area contributed by atoms with E-state index in [0.717, 1.165) is 0 Å². The Morgan fingerprint density at radius 2 is 2.12 bits per heavy atom. The molecule has 0 saturated heterocycles. The Labute approximate surface area is 97.0 Å². The van der Waals surface area contributed by atoms with Gasteiger partial charge in [0.05, 0.1) is 12.0 Å². The molecule has 92 valence electrons. The van der Waals surface area contributed by atoms with Gasteiger partial charge < -0.3 is 11.1 Å². The van der Waals surface area contributed by atoms with Crippen molar-refractivity contribution in [3.8, 4) is 6.07 Å². The van der Waals surface area contributed by atoms with Gasteiger partial charge in [-0.05, 0) is 25.1 Å². The number of hydrogen-bond donors (Lipinski definition) is 2. The zero-order valence-electron chi connectivity index (χ0n) is 9.17. The van der Waals surface area contributed by atoms with Gasteiger partial charge in [-0.3, -0.25) is 0 Å². The third-order valence-corrected chi connectivity index (χ3v) is 2.12. The molecule has 0 amide bonds. The van der Waals surface area contributed by atoms with Gasteiger partial charge in [-0.25, -0.2) is 0 Å². The van der Waals surface area contributed by atoms with Gasteiger partial charge in [0, 0.05) is 17.4 Å². The highest BCUT2D eigenvalue weighted by Gasteiger charge is 2.29. The number of nitrogen functional groups attached to an aromatic ring is 1. The average Bonchev–Trinajstić information content (AvgIpc) is 2.18. The second-order valence-corrected chi connectivity index (χ2v) is 3.78. The molecule has 1 aromatic carbocycles. The quantitative estimate of drug-likeness (QED) is 0.802. The normalized spacial score (nSPS) is 12.9. The summed E-state index contributed by atoms with van der Waals surface area (Å²) in [4.78, 5) is 0. The molecule has 17 heavy (non-hydrogen) atoms. The first-order chi connectivity index (χ1) is 7.81. The molecule has 0 spiro atoms. The summed E-state index contributed by atoms with van der Waals surface area (Å²) in [5, 5.41) is 11.4. The number of hydrogen-bond acceptors (Lipinski definition) is 3. The minimum atomic E-state index is -4.21. The van der Waals surface area contributed by atoms with Crippen LogP contribution in [0.15, 0.2) is 18.2 Å². The maximum Gasteiger partial charge on any atom is 0.391 e. The molecule has 0 fully saturated rings. The summed E-state index contributed by atoms with van der Waals surface area (Å²) in [5.41, 5.74) is 6.51. The number of alkyl halides is 3. The molecule has 0 aliphatic heterocycles. The smallest absolute Gasteiger partial charge is 0.391 e. The third kappa shape index (κ3) is 4.23. The first-order valence-electron chi connectivity index (χ1n) is 4.95. The number of rotatable bonds is 3. The van der Waals surface area contributed by atoms with Crippen LogP contribution in [0.5, 0.6) is 0 Å². The van der Waals surface area contributed by atoms with Crippen molar-refractivity contribution < 1.29 is 13.2 Å². The Bertz CT molecular complexity index is 435. The summed E-state index contributed by atoms with van der Waals surface area (Å²) in [7, 11) is 0. The molecule has 1 aromatic rings. The molecule has 1 atom stereocenters. The highest BCUT2D eigenvalue weighted by molar-refractivity contribution is 5.62. The Balaban J connectivity index is 2.73. The van der Waals surface area contributed by atoms with E-state index in [-0.39, 0.29) is 5.56 Å². The van der Waals surface area contributed by atoms with Gasteiger partial charge in [0.2, 0.25) is 0 Å². The van der Waals surface area contributed by atoms with Crippen molar-refractivity contribution >= 4 is 11.4 Å². The van der Waals surface area contributed by atoms with E-state index >= 15 is 0 Å². The van der Waals surface area contributed by atoms with E-state index in [1.54, 1.807) is 6.07 Å². The zero-order valence-corrected chi connectivity index (χ0v) is 9.17. The van der Waals surface area contributed by atoms with E-state index in [1.165, 1.54) is 19.1 Å². The van der Waals surface area contributed by atoms with Crippen LogP contribution in [0.25, 0.3) is 0 Å². The van der Waals surface area contributed by atoms with Crippen LogP contribution in [0.3, 0.4) is 0 Å². The van der Waals surface area contributed by atoms with Gasteiger partial charge in [0.25, 0.3) is 0 Å². The summed E-state index contributed by atoms with van der Waals surface area (Å²) in [6.07, 6.45) is -5.14. The molecule has 1 unspecified atom stereocenters. The van der Waals surface area contributed by atoms with Crippen molar-refractivity contribution in [1.82, 2.24) is 0 Å². The molecule has 3 nitrogen and oxygen atoms in total. The van der Waals surface area contributed by atoms with E-state index in [9.17, 15) is 13.2 Å². The molecule has 0 heterocycles. The lowest BCUT2D eigenvalue weighted by atomic mass is 10.1. The van der Waals surface area contributed by atoms with Crippen molar-refractivity contribution in [2.45, 2.75) is 25.6 Å². The monoisotopic (exact) mass is 243 g/mol. The summed E-state index contributed by atoms with van der Waals surface area (Å²) in [6, 6.07) is 5.58. The zero-order chi connectivity index (χ0) is 13.1. The number of nitrogens with one attached hydrogen (secondary N) is 1. The number of anilines is 2. The van der Waals surface area contributed by atoms with Crippen LogP contribution in [0.2, 0.25) is 0 Å². The largest absolute Gasteiger partial charge is 0.398 e. The van der Waals surface area contributed by atoms with Gasteiger partial charge in [0.1, 0.15) is 6.07 Å². The molecule has 3 N–H and O–H groups in total. The fourth-order valence-corrected chi connectivity index (χ4v) is 1.43. The maximum atomic E-state index is 12.1. The summed E-state index contributed by atoms with van der Waals surface area (Å²) in [5.74, 6) is 0. The molecule has 0 aliphatic rings. The van der Waals surface area contributed by atoms with Crippen molar-refractivity contribution in [1.29, 1.82) is 5.26 Å². The molecule has 0 saturated carbocycles. The Kier molecular flexibility index (Phi) is 3.84. The van der Waals surface area contributed by atoms with Crippen molar-refractivity contribution in [3.63, 3.8) is 0 Å². The van der Waals surface area contributed by atoms with E-state index in [1.807, 2.05) is 6.07 Å². The SMILES string of the molecule is CC(CC(F)(F)F)Nc1ccc(N)c(C#N)c1. The Morgan fingerprint density at radius 3 is 2.65 bits per heavy atom. The predicted molar refractivity (Wildman–Crippen MR) is 59.3 cm³/mol. The van der Waals surface area contributed by atoms with Crippen LogP contribution < -0.4 is 11.1 Å².